The van der Waals surface area contributed by atoms with E-state index in [4.69, 9.17) is 4.74 Å². The Kier molecular flexibility index (Phi) is 5.11. The molecule has 0 unspecified atom stereocenters. The molecule has 4 nitrogen and oxygen atoms in total. The van der Waals surface area contributed by atoms with Crippen LogP contribution in [0.15, 0.2) is 30.3 Å². The molecule has 0 saturated carbocycles. The first-order valence-electron chi connectivity index (χ1n) is 5.70. The summed E-state index contributed by atoms with van der Waals surface area (Å²) in [5, 5.41) is 2.54. The van der Waals surface area contributed by atoms with Crippen molar-refractivity contribution in [3.63, 3.8) is 0 Å². The molecule has 18 heavy (non-hydrogen) atoms. The Hall–Kier alpha value is -2.10. The maximum atomic E-state index is 11.5. The average Bonchev–Trinajstić information content (AvgIpc) is 2.35. The molecule has 1 N–H and O–H groups in total. The number of rotatable bonds is 5. The molecular weight excluding hydrogens is 230 g/mol. The largest absolute Gasteiger partial charge is 0.497 e. The van der Waals surface area contributed by atoms with Gasteiger partial charge in [-0.2, -0.15) is 0 Å². The Labute approximate surface area is 107 Å². The lowest BCUT2D eigenvalue weighted by atomic mass is 10.2. The Balaban J connectivity index is 2.68. The number of ketones is 1. The van der Waals surface area contributed by atoms with Crippen LogP contribution in [0.5, 0.6) is 5.75 Å². The normalized spacial score (nSPS) is 10.7. The number of carbonyl (C=O) groups is 2. The van der Waals surface area contributed by atoms with Crippen molar-refractivity contribution >= 4 is 17.8 Å². The van der Waals surface area contributed by atoms with E-state index in [-0.39, 0.29) is 6.04 Å². The fraction of sp³-hybridized carbons (Fsp3) is 0.286. The van der Waals surface area contributed by atoms with Crippen molar-refractivity contribution in [3.8, 4) is 5.75 Å². The van der Waals surface area contributed by atoms with E-state index in [1.807, 2.05) is 18.2 Å². The third-order valence-electron chi connectivity index (χ3n) is 2.16. The summed E-state index contributed by atoms with van der Waals surface area (Å²) < 4.78 is 5.06. The molecular formula is C14H17NO3. The lowest BCUT2D eigenvalue weighted by molar-refractivity contribution is -0.135. The Morgan fingerprint density at radius 2 is 2.06 bits per heavy atom. The number of carbonyl (C=O) groups excluding carboxylic acids is 2. The fourth-order valence-electron chi connectivity index (χ4n) is 1.33. The molecule has 1 rings (SSSR count). The predicted octanol–water partition coefficient (Wildman–Crippen LogP) is 1.80. The second kappa shape index (κ2) is 6.59. The highest BCUT2D eigenvalue weighted by Crippen LogP contribution is 2.13. The molecule has 1 amide bonds. The number of hydrogen-bond acceptors (Lipinski definition) is 3. The summed E-state index contributed by atoms with van der Waals surface area (Å²) in [7, 11) is 1.57. The van der Waals surface area contributed by atoms with Gasteiger partial charge in [0.2, 0.25) is 5.78 Å². The van der Waals surface area contributed by atoms with E-state index in [0.717, 1.165) is 5.56 Å². The number of amides is 1. The van der Waals surface area contributed by atoms with Crippen LogP contribution in [0, 0.1) is 0 Å². The van der Waals surface area contributed by atoms with Crippen LogP contribution in [-0.4, -0.2) is 24.8 Å². The van der Waals surface area contributed by atoms with Gasteiger partial charge in [0.05, 0.1) is 7.11 Å². The summed E-state index contributed by atoms with van der Waals surface area (Å²) >= 11 is 0. The van der Waals surface area contributed by atoms with Crippen molar-refractivity contribution in [3.05, 3.63) is 35.9 Å². The molecule has 0 radical (unpaired) electrons. The molecule has 0 saturated heterocycles. The van der Waals surface area contributed by atoms with Crippen molar-refractivity contribution < 1.29 is 14.3 Å². The van der Waals surface area contributed by atoms with Crippen molar-refractivity contribution in [1.82, 2.24) is 5.32 Å². The zero-order chi connectivity index (χ0) is 13.5. The molecule has 1 aromatic rings. The van der Waals surface area contributed by atoms with E-state index in [2.05, 4.69) is 5.32 Å². The van der Waals surface area contributed by atoms with Gasteiger partial charge >= 0.3 is 0 Å². The van der Waals surface area contributed by atoms with Crippen molar-refractivity contribution in [2.75, 3.05) is 7.11 Å². The maximum Gasteiger partial charge on any atom is 0.291 e. The lowest BCUT2D eigenvalue weighted by Crippen LogP contribution is -2.35. The van der Waals surface area contributed by atoms with Crippen LogP contribution in [0.2, 0.25) is 0 Å². The second-order valence-corrected chi connectivity index (χ2v) is 4.10. The summed E-state index contributed by atoms with van der Waals surface area (Å²) in [6.45, 7) is 3.61. The zero-order valence-electron chi connectivity index (χ0n) is 10.8. The van der Waals surface area contributed by atoms with E-state index < -0.39 is 11.7 Å². The Morgan fingerprint density at radius 1 is 1.33 bits per heavy atom. The predicted molar refractivity (Wildman–Crippen MR) is 70.3 cm³/mol. The standard InChI is InChI=1S/C14H17NO3/c1-10(2)15-14(17)13(16)8-7-11-5-4-6-12(9-11)18-3/h4-10H,1-3H3,(H,15,17)/b8-7+. The van der Waals surface area contributed by atoms with Gasteiger partial charge in [-0.1, -0.05) is 18.2 Å². The van der Waals surface area contributed by atoms with Gasteiger partial charge in [0, 0.05) is 6.04 Å². The summed E-state index contributed by atoms with van der Waals surface area (Å²) in [6, 6.07) is 7.19. The quantitative estimate of drug-likeness (QED) is 0.637. The third-order valence-corrected chi connectivity index (χ3v) is 2.16. The zero-order valence-corrected chi connectivity index (χ0v) is 10.8. The first-order valence-corrected chi connectivity index (χ1v) is 5.70. The molecule has 0 spiro atoms. The molecule has 0 atom stereocenters. The average molecular weight is 247 g/mol. The summed E-state index contributed by atoms with van der Waals surface area (Å²) in [5.74, 6) is -0.452. The summed E-state index contributed by atoms with van der Waals surface area (Å²) in [5.41, 5.74) is 0.806. The van der Waals surface area contributed by atoms with Gasteiger partial charge in [0.15, 0.2) is 0 Å². The SMILES string of the molecule is COc1cccc(/C=C/C(=O)C(=O)NC(C)C)c1. The first-order chi connectivity index (χ1) is 8.52. The van der Waals surface area contributed by atoms with E-state index in [1.54, 1.807) is 33.1 Å². The van der Waals surface area contributed by atoms with Crippen molar-refractivity contribution in [2.45, 2.75) is 19.9 Å². The lowest BCUT2D eigenvalue weighted by Gasteiger charge is -2.04. The Morgan fingerprint density at radius 3 is 2.67 bits per heavy atom. The minimum atomic E-state index is -0.593. The number of hydrogen-bond donors (Lipinski definition) is 1. The van der Waals surface area contributed by atoms with E-state index in [1.165, 1.54) is 6.08 Å². The van der Waals surface area contributed by atoms with Crippen LogP contribution < -0.4 is 10.1 Å². The van der Waals surface area contributed by atoms with Gasteiger partial charge in [-0.25, -0.2) is 0 Å². The molecule has 0 fully saturated rings. The van der Waals surface area contributed by atoms with Crippen LogP contribution in [0.4, 0.5) is 0 Å². The summed E-state index contributed by atoms with van der Waals surface area (Å²) in [4.78, 5) is 22.8. The van der Waals surface area contributed by atoms with Crippen LogP contribution in [-0.2, 0) is 9.59 Å². The first kappa shape index (κ1) is 14.0. The molecule has 96 valence electrons. The maximum absolute atomic E-state index is 11.5. The molecule has 0 aliphatic heterocycles. The highest BCUT2D eigenvalue weighted by Gasteiger charge is 2.10. The molecule has 0 aliphatic carbocycles. The number of ether oxygens (including phenoxy) is 1. The number of nitrogens with one attached hydrogen (secondary N) is 1. The monoisotopic (exact) mass is 247 g/mol. The van der Waals surface area contributed by atoms with Gasteiger partial charge in [-0.15, -0.1) is 0 Å². The molecule has 0 aliphatic rings. The van der Waals surface area contributed by atoms with Crippen molar-refractivity contribution in [1.29, 1.82) is 0 Å². The van der Waals surface area contributed by atoms with Crippen LogP contribution in [0.3, 0.4) is 0 Å². The molecule has 1 aromatic carbocycles. The van der Waals surface area contributed by atoms with Gasteiger partial charge in [0.25, 0.3) is 5.91 Å². The van der Waals surface area contributed by atoms with E-state index >= 15 is 0 Å². The van der Waals surface area contributed by atoms with Crippen molar-refractivity contribution in [2.24, 2.45) is 0 Å². The topological polar surface area (TPSA) is 55.4 Å². The smallest absolute Gasteiger partial charge is 0.291 e. The number of benzene rings is 1. The van der Waals surface area contributed by atoms with Crippen LogP contribution in [0.25, 0.3) is 6.08 Å². The van der Waals surface area contributed by atoms with Crippen LogP contribution in [0.1, 0.15) is 19.4 Å². The van der Waals surface area contributed by atoms with Gasteiger partial charge in [-0.05, 0) is 37.6 Å². The third kappa shape index (κ3) is 4.41. The number of methoxy groups -OCH3 is 1. The van der Waals surface area contributed by atoms with Gasteiger partial charge in [-0.3, -0.25) is 9.59 Å². The molecule has 4 heteroatoms. The van der Waals surface area contributed by atoms with Gasteiger partial charge < -0.3 is 10.1 Å². The highest BCUT2D eigenvalue weighted by molar-refractivity contribution is 6.41. The van der Waals surface area contributed by atoms with Gasteiger partial charge in [0.1, 0.15) is 5.75 Å². The highest BCUT2D eigenvalue weighted by atomic mass is 16.5. The molecule has 0 heterocycles. The minimum absolute atomic E-state index is 0.0494. The fourth-order valence-corrected chi connectivity index (χ4v) is 1.33. The molecule has 0 aromatic heterocycles. The van der Waals surface area contributed by atoms with E-state index in [9.17, 15) is 9.59 Å². The minimum Gasteiger partial charge on any atom is -0.497 e. The second-order valence-electron chi connectivity index (χ2n) is 4.10. The van der Waals surface area contributed by atoms with Crippen LogP contribution >= 0.6 is 0 Å². The Bertz CT molecular complexity index is 464. The summed E-state index contributed by atoms with van der Waals surface area (Å²) in [6.07, 6.45) is 2.84. The molecule has 0 bridgehead atoms. The van der Waals surface area contributed by atoms with E-state index in [0.29, 0.717) is 5.75 Å².